The molecule has 0 saturated carbocycles. The largest absolute Gasteiger partial charge is 0.370 e. The van der Waals surface area contributed by atoms with Crippen LogP contribution < -0.4 is 16.8 Å². The van der Waals surface area contributed by atoms with Crippen molar-refractivity contribution in [3.63, 3.8) is 0 Å². The van der Waals surface area contributed by atoms with Gasteiger partial charge >= 0.3 is 0 Å². The van der Waals surface area contributed by atoms with E-state index in [-0.39, 0.29) is 5.96 Å². The van der Waals surface area contributed by atoms with Crippen molar-refractivity contribution in [2.45, 2.75) is 19.8 Å². The van der Waals surface area contributed by atoms with E-state index in [4.69, 9.17) is 23.1 Å². The van der Waals surface area contributed by atoms with Gasteiger partial charge in [0.1, 0.15) is 0 Å². The fourth-order valence-corrected chi connectivity index (χ4v) is 1.36. The number of anilines is 1. The van der Waals surface area contributed by atoms with E-state index in [0.717, 1.165) is 18.5 Å². The van der Waals surface area contributed by atoms with Crippen molar-refractivity contribution in [3.05, 3.63) is 29.3 Å². The summed E-state index contributed by atoms with van der Waals surface area (Å²) >= 11 is 5.81. The Morgan fingerprint density at radius 3 is 2.50 bits per heavy atom. The minimum Gasteiger partial charge on any atom is -0.370 e. The topological polar surface area (TPSA) is 88.8 Å². The molecule has 0 aliphatic heterocycles. The van der Waals surface area contributed by atoms with Gasteiger partial charge in [-0.2, -0.15) is 4.99 Å². The van der Waals surface area contributed by atoms with Crippen LogP contribution in [0.4, 0.5) is 5.69 Å². The highest BCUT2D eigenvalue weighted by molar-refractivity contribution is 6.30. The number of nitrogens with one attached hydrogen (secondary N) is 1. The molecule has 1 aromatic rings. The number of hydrogen-bond acceptors (Lipinski definition) is 1. The lowest BCUT2D eigenvalue weighted by molar-refractivity contribution is 0.807. The average molecular weight is 268 g/mol. The summed E-state index contributed by atoms with van der Waals surface area (Å²) in [6, 6.07) is 7.23. The number of unbranched alkanes of at least 4 members (excludes halogenated alkanes) is 1. The van der Waals surface area contributed by atoms with Crippen LogP contribution in [0.15, 0.2) is 34.3 Å². The van der Waals surface area contributed by atoms with E-state index >= 15 is 0 Å². The monoisotopic (exact) mass is 267 g/mol. The summed E-state index contributed by atoms with van der Waals surface area (Å²) < 4.78 is 0. The predicted octanol–water partition coefficient (Wildman–Crippen LogP) is 2.18. The van der Waals surface area contributed by atoms with Gasteiger partial charge in [0.05, 0.1) is 0 Å². The number of nitrogens with zero attached hydrogens (tertiary/aromatic N) is 2. The highest BCUT2D eigenvalue weighted by atomic mass is 35.5. The first-order valence-corrected chi connectivity index (χ1v) is 6.16. The molecule has 6 heteroatoms. The van der Waals surface area contributed by atoms with Gasteiger partial charge in [-0.1, -0.05) is 24.9 Å². The molecule has 0 heterocycles. The van der Waals surface area contributed by atoms with Crippen LogP contribution in [-0.2, 0) is 0 Å². The van der Waals surface area contributed by atoms with E-state index in [0.29, 0.717) is 17.5 Å². The van der Waals surface area contributed by atoms with Crippen molar-refractivity contribution in [1.29, 1.82) is 0 Å². The quantitative estimate of drug-likeness (QED) is 0.444. The summed E-state index contributed by atoms with van der Waals surface area (Å²) in [6.07, 6.45) is 2.06. The fourth-order valence-electron chi connectivity index (χ4n) is 1.23. The molecule has 0 saturated heterocycles. The zero-order chi connectivity index (χ0) is 13.4. The predicted molar refractivity (Wildman–Crippen MR) is 78.1 cm³/mol. The molecule has 0 unspecified atom stereocenters. The zero-order valence-electron chi connectivity index (χ0n) is 10.4. The smallest absolute Gasteiger partial charge is 0.225 e. The molecule has 0 bridgehead atoms. The molecule has 1 rings (SSSR count). The number of aliphatic imine (C=N–C) groups is 2. The van der Waals surface area contributed by atoms with Gasteiger partial charge in [0.15, 0.2) is 5.96 Å². The van der Waals surface area contributed by atoms with Crippen molar-refractivity contribution in [2.24, 2.45) is 21.5 Å². The molecular formula is C12H18ClN5. The van der Waals surface area contributed by atoms with Crippen molar-refractivity contribution in [3.8, 4) is 0 Å². The molecule has 0 atom stereocenters. The molecule has 18 heavy (non-hydrogen) atoms. The van der Waals surface area contributed by atoms with Gasteiger partial charge in [0, 0.05) is 17.3 Å². The second-order valence-corrected chi connectivity index (χ2v) is 4.16. The lowest BCUT2D eigenvalue weighted by Crippen LogP contribution is -2.26. The van der Waals surface area contributed by atoms with E-state index in [2.05, 4.69) is 22.2 Å². The first-order chi connectivity index (χ1) is 8.61. The standard InChI is InChI=1S/C12H18ClN5/c1-2-3-8-16-12(18-11(14)15)17-10-6-4-9(13)5-7-10/h4-7H,2-3,8H2,1H3,(H5,14,15,16,17,18). The van der Waals surface area contributed by atoms with Crippen molar-refractivity contribution in [1.82, 2.24) is 0 Å². The molecule has 0 spiro atoms. The van der Waals surface area contributed by atoms with Crippen LogP contribution in [-0.4, -0.2) is 18.5 Å². The second kappa shape index (κ2) is 7.55. The number of guanidine groups is 2. The minimum absolute atomic E-state index is 0.0216. The lowest BCUT2D eigenvalue weighted by Gasteiger charge is -2.06. The van der Waals surface area contributed by atoms with Gasteiger partial charge < -0.3 is 16.8 Å². The SMILES string of the molecule is CCCCN=C(N=C(N)N)Nc1ccc(Cl)cc1. The Labute approximate surface area is 112 Å². The number of rotatable bonds is 4. The highest BCUT2D eigenvalue weighted by Gasteiger charge is 1.99. The normalized spacial score (nSPS) is 11.1. The fraction of sp³-hybridized carbons (Fsp3) is 0.333. The van der Waals surface area contributed by atoms with E-state index in [1.807, 2.05) is 12.1 Å². The summed E-state index contributed by atoms with van der Waals surface area (Å²) in [5.41, 5.74) is 11.6. The summed E-state index contributed by atoms with van der Waals surface area (Å²) in [5, 5.41) is 3.71. The van der Waals surface area contributed by atoms with Crippen molar-refractivity contribution < 1.29 is 0 Å². The van der Waals surface area contributed by atoms with Gasteiger partial charge in [0.2, 0.25) is 5.96 Å². The Hall–Kier alpha value is -1.75. The molecule has 0 amide bonds. The van der Waals surface area contributed by atoms with Crippen LogP contribution in [0.1, 0.15) is 19.8 Å². The van der Waals surface area contributed by atoms with Gasteiger partial charge in [-0.3, -0.25) is 4.99 Å². The minimum atomic E-state index is -0.0216. The molecule has 5 nitrogen and oxygen atoms in total. The molecule has 1 aromatic carbocycles. The summed E-state index contributed by atoms with van der Waals surface area (Å²) in [4.78, 5) is 8.24. The van der Waals surface area contributed by atoms with Gasteiger partial charge in [-0.15, -0.1) is 0 Å². The van der Waals surface area contributed by atoms with Crippen LogP contribution in [0.3, 0.4) is 0 Å². The summed E-state index contributed by atoms with van der Waals surface area (Å²) in [7, 11) is 0. The first kappa shape index (κ1) is 14.3. The summed E-state index contributed by atoms with van der Waals surface area (Å²) in [6.45, 7) is 2.78. The lowest BCUT2D eigenvalue weighted by atomic mass is 10.3. The third-order valence-electron chi connectivity index (χ3n) is 2.11. The van der Waals surface area contributed by atoms with E-state index in [1.165, 1.54) is 0 Å². The van der Waals surface area contributed by atoms with E-state index < -0.39 is 0 Å². The second-order valence-electron chi connectivity index (χ2n) is 3.73. The van der Waals surface area contributed by atoms with E-state index in [9.17, 15) is 0 Å². The van der Waals surface area contributed by atoms with Crippen LogP contribution in [0, 0.1) is 0 Å². The van der Waals surface area contributed by atoms with Crippen LogP contribution in [0.2, 0.25) is 5.02 Å². The Morgan fingerprint density at radius 1 is 1.28 bits per heavy atom. The maximum absolute atomic E-state index is 5.81. The van der Waals surface area contributed by atoms with Gasteiger partial charge in [-0.25, -0.2) is 0 Å². The van der Waals surface area contributed by atoms with Crippen LogP contribution in [0.25, 0.3) is 0 Å². The maximum atomic E-state index is 5.81. The number of nitrogens with two attached hydrogens (primary N) is 2. The molecular weight excluding hydrogens is 250 g/mol. The number of benzene rings is 1. The van der Waals surface area contributed by atoms with Crippen molar-refractivity contribution in [2.75, 3.05) is 11.9 Å². The number of hydrogen-bond donors (Lipinski definition) is 3. The first-order valence-electron chi connectivity index (χ1n) is 5.78. The molecule has 0 fully saturated rings. The van der Waals surface area contributed by atoms with Crippen LogP contribution >= 0.6 is 11.6 Å². The molecule has 0 aliphatic rings. The summed E-state index contributed by atoms with van der Waals surface area (Å²) in [5.74, 6) is 0.387. The third kappa shape index (κ3) is 5.54. The zero-order valence-corrected chi connectivity index (χ0v) is 11.1. The Bertz CT molecular complexity index is 421. The Kier molecular flexibility index (Phi) is 6.00. The average Bonchev–Trinajstić information content (AvgIpc) is 2.31. The molecule has 5 N–H and O–H groups in total. The molecule has 0 aromatic heterocycles. The van der Waals surface area contributed by atoms with Crippen LogP contribution in [0.5, 0.6) is 0 Å². The number of halogens is 1. The molecule has 98 valence electrons. The van der Waals surface area contributed by atoms with E-state index in [1.54, 1.807) is 12.1 Å². The third-order valence-corrected chi connectivity index (χ3v) is 2.36. The Balaban J connectivity index is 2.75. The van der Waals surface area contributed by atoms with Gasteiger partial charge in [0.25, 0.3) is 0 Å². The molecule has 0 aliphatic carbocycles. The maximum Gasteiger partial charge on any atom is 0.225 e. The molecule has 0 radical (unpaired) electrons. The van der Waals surface area contributed by atoms with Crippen molar-refractivity contribution >= 4 is 29.2 Å². The Morgan fingerprint density at radius 2 is 1.94 bits per heavy atom. The van der Waals surface area contributed by atoms with Gasteiger partial charge in [-0.05, 0) is 30.7 Å². The highest BCUT2D eigenvalue weighted by Crippen LogP contribution is 2.13.